The predicted octanol–water partition coefficient (Wildman–Crippen LogP) is 3.20. The number of hydrogen-bond acceptors (Lipinski definition) is 2. The molecule has 0 aliphatic carbocycles. The van der Waals surface area contributed by atoms with Crippen LogP contribution in [-0.4, -0.2) is 5.91 Å². The summed E-state index contributed by atoms with van der Waals surface area (Å²) in [5, 5.41) is 2.99. The van der Waals surface area contributed by atoms with Crippen molar-refractivity contribution in [3.05, 3.63) is 29.8 Å². The zero-order valence-corrected chi connectivity index (χ0v) is 11.1. The molecule has 0 aromatic heterocycles. The van der Waals surface area contributed by atoms with E-state index in [9.17, 15) is 4.79 Å². The Labute approximate surface area is 103 Å². The maximum atomic E-state index is 11.8. The maximum Gasteiger partial charge on any atom is 0.225 e. The average molecular weight is 237 g/mol. The number of benzene rings is 1. The van der Waals surface area contributed by atoms with Gasteiger partial charge in [-0.1, -0.05) is 39.0 Å². The van der Waals surface area contributed by atoms with Crippen LogP contribution in [-0.2, 0) is 4.79 Å². The highest BCUT2D eigenvalue weighted by Gasteiger charge is 2.23. The lowest BCUT2D eigenvalue weighted by Crippen LogP contribution is -2.36. The molecular formula is C13H19NOS. The van der Waals surface area contributed by atoms with Gasteiger partial charge in [0.15, 0.2) is 0 Å². The highest BCUT2D eigenvalue weighted by Crippen LogP contribution is 2.22. The van der Waals surface area contributed by atoms with Crippen molar-refractivity contribution in [2.75, 3.05) is 0 Å². The minimum atomic E-state index is -0.361. The fourth-order valence-corrected chi connectivity index (χ4v) is 1.70. The SMILES string of the molecule is C[C@@H](NC(=O)C(C)(C)C)c1ccccc1S. The Bertz CT molecular complexity index is 382. The lowest BCUT2D eigenvalue weighted by Gasteiger charge is -2.22. The van der Waals surface area contributed by atoms with Crippen molar-refractivity contribution in [1.82, 2.24) is 5.32 Å². The van der Waals surface area contributed by atoms with Crippen molar-refractivity contribution in [2.24, 2.45) is 5.41 Å². The van der Waals surface area contributed by atoms with E-state index < -0.39 is 0 Å². The summed E-state index contributed by atoms with van der Waals surface area (Å²) < 4.78 is 0. The molecule has 0 saturated carbocycles. The third-order valence-corrected chi connectivity index (χ3v) is 2.84. The molecule has 0 aliphatic heterocycles. The number of hydrogen-bond donors (Lipinski definition) is 2. The summed E-state index contributed by atoms with van der Waals surface area (Å²) in [4.78, 5) is 12.7. The van der Waals surface area contributed by atoms with Gasteiger partial charge < -0.3 is 5.32 Å². The number of carbonyl (C=O) groups is 1. The second kappa shape index (κ2) is 4.91. The summed E-state index contributed by atoms with van der Waals surface area (Å²) in [5.74, 6) is 0.0524. The van der Waals surface area contributed by atoms with Crippen molar-refractivity contribution in [2.45, 2.75) is 38.6 Å². The van der Waals surface area contributed by atoms with Gasteiger partial charge in [-0.2, -0.15) is 0 Å². The van der Waals surface area contributed by atoms with E-state index in [0.717, 1.165) is 10.5 Å². The monoisotopic (exact) mass is 237 g/mol. The van der Waals surface area contributed by atoms with Gasteiger partial charge in [0.25, 0.3) is 0 Å². The lowest BCUT2D eigenvalue weighted by molar-refractivity contribution is -0.129. The van der Waals surface area contributed by atoms with Crippen molar-refractivity contribution in [3.63, 3.8) is 0 Å². The summed E-state index contributed by atoms with van der Waals surface area (Å²) in [6.07, 6.45) is 0. The normalized spacial score (nSPS) is 13.3. The van der Waals surface area contributed by atoms with Gasteiger partial charge in [0.1, 0.15) is 0 Å². The van der Waals surface area contributed by atoms with Crippen LogP contribution in [0.4, 0.5) is 0 Å². The van der Waals surface area contributed by atoms with Crippen LogP contribution in [0, 0.1) is 5.41 Å². The summed E-state index contributed by atoms with van der Waals surface area (Å²) in [6, 6.07) is 7.79. The number of amides is 1. The first-order chi connectivity index (χ1) is 7.32. The van der Waals surface area contributed by atoms with Crippen LogP contribution in [0.3, 0.4) is 0 Å². The lowest BCUT2D eigenvalue weighted by atomic mass is 9.94. The molecule has 88 valence electrons. The van der Waals surface area contributed by atoms with Gasteiger partial charge >= 0.3 is 0 Å². The summed E-state index contributed by atoms with van der Waals surface area (Å²) in [5.41, 5.74) is 0.684. The molecule has 1 amide bonds. The number of nitrogens with one attached hydrogen (secondary N) is 1. The van der Waals surface area contributed by atoms with Crippen LogP contribution in [0.25, 0.3) is 0 Å². The van der Waals surface area contributed by atoms with E-state index in [1.54, 1.807) is 0 Å². The van der Waals surface area contributed by atoms with Crippen molar-refractivity contribution < 1.29 is 4.79 Å². The Morgan fingerprint density at radius 2 is 1.88 bits per heavy atom. The molecular weight excluding hydrogens is 218 g/mol. The summed E-state index contributed by atoms with van der Waals surface area (Å²) in [7, 11) is 0. The van der Waals surface area contributed by atoms with Gasteiger partial charge in [0.05, 0.1) is 6.04 Å². The molecule has 1 aromatic rings. The zero-order valence-electron chi connectivity index (χ0n) is 10.2. The van der Waals surface area contributed by atoms with Gasteiger partial charge in [-0.15, -0.1) is 12.6 Å². The third kappa shape index (κ3) is 3.27. The average Bonchev–Trinajstić information content (AvgIpc) is 2.16. The highest BCUT2D eigenvalue weighted by molar-refractivity contribution is 7.80. The standard InChI is InChI=1S/C13H19NOS/c1-9(14-12(15)13(2,3)4)10-7-5-6-8-11(10)16/h5-9,16H,1-4H3,(H,14,15)/t9-/m1/s1. The van der Waals surface area contributed by atoms with Gasteiger partial charge in [-0.05, 0) is 18.6 Å². The molecule has 1 rings (SSSR count). The summed E-state index contributed by atoms with van der Waals surface area (Å²) in [6.45, 7) is 7.68. The molecule has 3 heteroatoms. The van der Waals surface area contributed by atoms with E-state index in [-0.39, 0.29) is 17.4 Å². The molecule has 1 aromatic carbocycles. The van der Waals surface area contributed by atoms with Crippen molar-refractivity contribution in [1.29, 1.82) is 0 Å². The largest absolute Gasteiger partial charge is 0.349 e. The van der Waals surface area contributed by atoms with E-state index in [2.05, 4.69) is 17.9 Å². The fraction of sp³-hybridized carbons (Fsp3) is 0.462. The van der Waals surface area contributed by atoms with E-state index in [4.69, 9.17) is 0 Å². The molecule has 0 aliphatic rings. The molecule has 0 heterocycles. The van der Waals surface area contributed by atoms with E-state index in [1.165, 1.54) is 0 Å². The Morgan fingerprint density at radius 3 is 2.38 bits per heavy atom. The molecule has 0 spiro atoms. The first-order valence-electron chi connectivity index (χ1n) is 5.41. The summed E-state index contributed by atoms with van der Waals surface area (Å²) >= 11 is 4.38. The second-order valence-electron chi connectivity index (χ2n) is 5.00. The maximum absolute atomic E-state index is 11.8. The molecule has 0 unspecified atom stereocenters. The van der Waals surface area contributed by atoms with Gasteiger partial charge in [-0.25, -0.2) is 0 Å². The first-order valence-corrected chi connectivity index (χ1v) is 5.86. The van der Waals surface area contributed by atoms with Crippen LogP contribution < -0.4 is 5.32 Å². The predicted molar refractivity (Wildman–Crippen MR) is 69.7 cm³/mol. The molecule has 16 heavy (non-hydrogen) atoms. The molecule has 2 nitrogen and oxygen atoms in total. The molecule has 0 radical (unpaired) electrons. The van der Waals surface area contributed by atoms with Crippen LogP contribution in [0.2, 0.25) is 0 Å². The smallest absolute Gasteiger partial charge is 0.225 e. The van der Waals surface area contributed by atoms with Crippen molar-refractivity contribution in [3.8, 4) is 0 Å². The second-order valence-corrected chi connectivity index (χ2v) is 5.49. The molecule has 1 N–H and O–H groups in total. The van der Waals surface area contributed by atoms with Crippen molar-refractivity contribution >= 4 is 18.5 Å². The van der Waals surface area contributed by atoms with Gasteiger partial charge in [-0.3, -0.25) is 4.79 Å². The number of carbonyl (C=O) groups excluding carboxylic acids is 1. The van der Waals surface area contributed by atoms with Crippen LogP contribution in [0.5, 0.6) is 0 Å². The molecule has 0 saturated heterocycles. The van der Waals surface area contributed by atoms with Crippen LogP contribution >= 0.6 is 12.6 Å². The van der Waals surface area contributed by atoms with E-state index in [1.807, 2.05) is 52.0 Å². The van der Waals surface area contributed by atoms with Gasteiger partial charge in [0, 0.05) is 10.3 Å². The Kier molecular flexibility index (Phi) is 4.03. The molecule has 1 atom stereocenters. The molecule has 0 fully saturated rings. The Balaban J connectivity index is 2.78. The topological polar surface area (TPSA) is 29.1 Å². The highest BCUT2D eigenvalue weighted by atomic mass is 32.1. The third-order valence-electron chi connectivity index (χ3n) is 2.43. The fourth-order valence-electron chi connectivity index (χ4n) is 1.34. The Morgan fingerprint density at radius 1 is 1.31 bits per heavy atom. The quantitative estimate of drug-likeness (QED) is 0.760. The van der Waals surface area contributed by atoms with Crippen LogP contribution in [0.1, 0.15) is 39.3 Å². The van der Waals surface area contributed by atoms with Gasteiger partial charge in [0.2, 0.25) is 5.91 Å². The molecule has 0 bridgehead atoms. The number of rotatable bonds is 2. The van der Waals surface area contributed by atoms with E-state index >= 15 is 0 Å². The zero-order chi connectivity index (χ0) is 12.3. The minimum Gasteiger partial charge on any atom is -0.349 e. The minimum absolute atomic E-state index is 0.0135. The first kappa shape index (κ1) is 13.1. The number of thiol groups is 1. The van der Waals surface area contributed by atoms with Crippen LogP contribution in [0.15, 0.2) is 29.2 Å². The van der Waals surface area contributed by atoms with E-state index in [0.29, 0.717) is 0 Å². The Hall–Kier alpha value is -0.960.